The minimum Gasteiger partial charge on any atom is -0.504 e. The van der Waals surface area contributed by atoms with Crippen molar-refractivity contribution in [2.75, 3.05) is 0 Å². The fourth-order valence-electron chi connectivity index (χ4n) is 3.31. The van der Waals surface area contributed by atoms with E-state index in [-0.39, 0.29) is 22.8 Å². The molecule has 0 spiro atoms. The second kappa shape index (κ2) is 14.0. The molecule has 1 aromatic rings. The number of rotatable bonds is 15. The third kappa shape index (κ3) is 9.25. The number of phenolic OH excluding ortho intramolecular Hbond substituents is 1. The SMILES string of the molecule is CCCCCCCCCCCC(=O)c1cc(CCCC)cc(OC(=O)O)c1O. The average molecular weight is 393 g/mol. The molecule has 28 heavy (non-hydrogen) atoms. The topological polar surface area (TPSA) is 83.8 Å². The van der Waals surface area contributed by atoms with Crippen molar-refractivity contribution in [1.29, 1.82) is 0 Å². The van der Waals surface area contributed by atoms with Gasteiger partial charge in [0.25, 0.3) is 0 Å². The van der Waals surface area contributed by atoms with Gasteiger partial charge in [-0.2, -0.15) is 0 Å². The molecule has 2 N–H and O–H groups in total. The second-order valence-corrected chi connectivity index (χ2v) is 7.46. The van der Waals surface area contributed by atoms with Gasteiger partial charge in [-0.05, 0) is 37.0 Å². The van der Waals surface area contributed by atoms with E-state index >= 15 is 0 Å². The van der Waals surface area contributed by atoms with Gasteiger partial charge in [0, 0.05) is 6.42 Å². The number of hydrogen-bond acceptors (Lipinski definition) is 4. The zero-order chi connectivity index (χ0) is 20.8. The van der Waals surface area contributed by atoms with E-state index in [4.69, 9.17) is 5.11 Å². The van der Waals surface area contributed by atoms with Gasteiger partial charge in [0.15, 0.2) is 17.3 Å². The van der Waals surface area contributed by atoms with Crippen LogP contribution in [0.25, 0.3) is 0 Å². The minimum atomic E-state index is -1.50. The first-order valence-electron chi connectivity index (χ1n) is 10.8. The van der Waals surface area contributed by atoms with Crippen LogP contribution in [0.5, 0.6) is 11.5 Å². The number of hydrogen-bond donors (Lipinski definition) is 2. The zero-order valence-corrected chi connectivity index (χ0v) is 17.5. The molecule has 1 aromatic carbocycles. The predicted molar refractivity (Wildman–Crippen MR) is 112 cm³/mol. The molecule has 5 nitrogen and oxygen atoms in total. The summed E-state index contributed by atoms with van der Waals surface area (Å²) in [7, 11) is 0. The summed E-state index contributed by atoms with van der Waals surface area (Å²) >= 11 is 0. The lowest BCUT2D eigenvalue weighted by molar-refractivity contribution is 0.0974. The molecule has 0 saturated carbocycles. The molecule has 0 heterocycles. The van der Waals surface area contributed by atoms with E-state index in [9.17, 15) is 14.7 Å². The van der Waals surface area contributed by atoms with E-state index < -0.39 is 6.16 Å². The van der Waals surface area contributed by atoms with E-state index in [1.807, 2.05) is 0 Å². The lowest BCUT2D eigenvalue weighted by Crippen LogP contribution is -2.07. The summed E-state index contributed by atoms with van der Waals surface area (Å²) in [6, 6.07) is 3.18. The van der Waals surface area contributed by atoms with Gasteiger partial charge in [0.1, 0.15) is 0 Å². The van der Waals surface area contributed by atoms with Crippen LogP contribution in [0.15, 0.2) is 12.1 Å². The minimum absolute atomic E-state index is 0.156. The van der Waals surface area contributed by atoms with Crippen LogP contribution >= 0.6 is 0 Å². The van der Waals surface area contributed by atoms with Crippen LogP contribution in [-0.4, -0.2) is 22.2 Å². The lowest BCUT2D eigenvalue weighted by Gasteiger charge is -2.11. The fourth-order valence-corrected chi connectivity index (χ4v) is 3.31. The first kappa shape index (κ1) is 24.0. The van der Waals surface area contributed by atoms with Gasteiger partial charge in [-0.15, -0.1) is 0 Å². The van der Waals surface area contributed by atoms with Gasteiger partial charge in [-0.1, -0.05) is 71.6 Å². The molecule has 0 amide bonds. The summed E-state index contributed by atoms with van der Waals surface area (Å²) in [5.41, 5.74) is 0.982. The van der Waals surface area contributed by atoms with E-state index in [1.54, 1.807) is 6.07 Å². The van der Waals surface area contributed by atoms with Crippen LogP contribution in [0.3, 0.4) is 0 Å². The molecular formula is C23H36O5. The molecule has 0 bridgehead atoms. The highest BCUT2D eigenvalue weighted by molar-refractivity contribution is 5.99. The van der Waals surface area contributed by atoms with Gasteiger partial charge in [0.2, 0.25) is 0 Å². The summed E-state index contributed by atoms with van der Waals surface area (Å²) in [4.78, 5) is 23.4. The zero-order valence-electron chi connectivity index (χ0n) is 17.5. The fraction of sp³-hybridized carbons (Fsp3) is 0.652. The Hall–Kier alpha value is -2.04. The molecule has 0 radical (unpaired) electrons. The van der Waals surface area contributed by atoms with E-state index in [0.29, 0.717) is 12.8 Å². The Labute approximate surface area is 169 Å². The first-order valence-corrected chi connectivity index (χ1v) is 10.8. The van der Waals surface area contributed by atoms with Crippen LogP contribution in [0.4, 0.5) is 4.79 Å². The highest BCUT2D eigenvalue weighted by Gasteiger charge is 2.19. The van der Waals surface area contributed by atoms with Crippen LogP contribution < -0.4 is 4.74 Å². The van der Waals surface area contributed by atoms with Crippen molar-refractivity contribution in [1.82, 2.24) is 0 Å². The summed E-state index contributed by atoms with van der Waals surface area (Å²) in [6.07, 6.45) is 12.0. The molecule has 0 unspecified atom stereocenters. The lowest BCUT2D eigenvalue weighted by atomic mass is 9.98. The largest absolute Gasteiger partial charge is 0.511 e. The number of benzene rings is 1. The summed E-state index contributed by atoms with van der Waals surface area (Å²) in [6.45, 7) is 4.27. The van der Waals surface area contributed by atoms with Crippen LogP contribution in [0.1, 0.15) is 107 Å². The normalized spacial score (nSPS) is 10.8. The van der Waals surface area contributed by atoms with Gasteiger partial charge in [0.05, 0.1) is 5.56 Å². The number of aromatic hydroxyl groups is 1. The molecular weight excluding hydrogens is 356 g/mol. The number of ether oxygens (including phenoxy) is 1. The maximum atomic E-state index is 12.6. The monoisotopic (exact) mass is 392 g/mol. The number of Topliss-reactive ketones (excluding diaryl/α,β-unsaturated/α-hetero) is 1. The van der Waals surface area contributed by atoms with Gasteiger partial charge >= 0.3 is 6.16 Å². The molecule has 5 heteroatoms. The highest BCUT2D eigenvalue weighted by Crippen LogP contribution is 2.33. The van der Waals surface area contributed by atoms with E-state index in [0.717, 1.165) is 37.7 Å². The maximum Gasteiger partial charge on any atom is 0.511 e. The smallest absolute Gasteiger partial charge is 0.504 e. The molecule has 0 saturated heterocycles. The van der Waals surface area contributed by atoms with Crippen LogP contribution in [0, 0.1) is 0 Å². The number of carbonyl (C=O) groups is 2. The molecule has 0 fully saturated rings. The Morgan fingerprint density at radius 2 is 1.43 bits per heavy atom. The Morgan fingerprint density at radius 3 is 2.00 bits per heavy atom. The summed E-state index contributed by atoms with van der Waals surface area (Å²) in [5.74, 6) is -0.686. The maximum absolute atomic E-state index is 12.6. The Kier molecular flexibility index (Phi) is 12.0. The molecule has 158 valence electrons. The summed E-state index contributed by atoms with van der Waals surface area (Å²) in [5, 5.41) is 19.2. The average Bonchev–Trinajstić information content (AvgIpc) is 2.66. The van der Waals surface area contributed by atoms with Crippen molar-refractivity contribution in [3.8, 4) is 11.5 Å². The van der Waals surface area contributed by atoms with Gasteiger partial charge in [-0.25, -0.2) is 4.79 Å². The molecule has 0 aromatic heterocycles. The molecule has 0 atom stereocenters. The Morgan fingerprint density at radius 1 is 0.857 bits per heavy atom. The number of ketones is 1. The van der Waals surface area contributed by atoms with Crippen molar-refractivity contribution in [2.45, 2.75) is 97.3 Å². The molecule has 1 rings (SSSR count). The van der Waals surface area contributed by atoms with Crippen molar-refractivity contribution in [3.63, 3.8) is 0 Å². The Balaban J connectivity index is 2.56. The van der Waals surface area contributed by atoms with Gasteiger partial charge < -0.3 is 14.9 Å². The number of unbranched alkanes of at least 4 members (excludes halogenated alkanes) is 9. The standard InChI is InChI=1S/C23H36O5/c1-3-5-7-8-9-10-11-12-13-15-20(24)19-16-18(14-6-4-2)17-21(22(19)25)28-23(26)27/h16-17,25H,3-15H2,1-2H3,(H,26,27). The molecule has 0 aliphatic rings. The first-order chi connectivity index (χ1) is 13.5. The van der Waals surface area contributed by atoms with Crippen molar-refractivity contribution >= 4 is 11.9 Å². The molecule has 0 aliphatic heterocycles. The highest BCUT2D eigenvalue weighted by atomic mass is 16.7. The van der Waals surface area contributed by atoms with Gasteiger partial charge in [-0.3, -0.25) is 4.79 Å². The molecule has 0 aliphatic carbocycles. The number of carboxylic acid groups (broad SMARTS) is 1. The quantitative estimate of drug-likeness (QED) is 0.147. The third-order valence-corrected chi connectivity index (χ3v) is 4.96. The van der Waals surface area contributed by atoms with E-state index in [2.05, 4.69) is 18.6 Å². The van der Waals surface area contributed by atoms with E-state index in [1.165, 1.54) is 44.6 Å². The summed E-state index contributed by atoms with van der Waals surface area (Å²) < 4.78 is 4.67. The van der Waals surface area contributed by atoms with Crippen LogP contribution in [-0.2, 0) is 6.42 Å². The van der Waals surface area contributed by atoms with Crippen LogP contribution in [0.2, 0.25) is 0 Å². The van der Waals surface area contributed by atoms with Crippen molar-refractivity contribution < 1.29 is 24.5 Å². The predicted octanol–water partition coefficient (Wildman–Crippen LogP) is 6.90. The number of phenols is 1. The number of carbonyl (C=O) groups excluding carboxylic acids is 1. The third-order valence-electron chi connectivity index (χ3n) is 4.96. The Bertz CT molecular complexity index is 609. The van der Waals surface area contributed by atoms with Crippen molar-refractivity contribution in [3.05, 3.63) is 23.3 Å². The van der Waals surface area contributed by atoms with Crippen molar-refractivity contribution in [2.24, 2.45) is 0 Å². The second-order valence-electron chi connectivity index (χ2n) is 7.46. The number of aryl methyl sites for hydroxylation is 1.